The van der Waals surface area contributed by atoms with Crippen molar-refractivity contribution in [2.45, 2.75) is 36.6 Å². The smallest absolute Gasteiger partial charge is 0.243 e. The summed E-state index contributed by atoms with van der Waals surface area (Å²) < 4.78 is 27.8. The molecule has 1 atom stereocenters. The minimum absolute atomic E-state index is 0.00845. The Balaban J connectivity index is 1.23. The summed E-state index contributed by atoms with van der Waals surface area (Å²) in [6.45, 7) is 0.703. The Morgan fingerprint density at radius 1 is 0.938 bits per heavy atom. The number of nitrogens with one attached hydrogen (secondary N) is 1. The first-order chi connectivity index (χ1) is 15.4. The number of amides is 1. The van der Waals surface area contributed by atoms with Crippen molar-refractivity contribution in [1.82, 2.24) is 9.62 Å². The molecule has 1 N–H and O–H groups in total. The number of sulfonamides is 1. The van der Waals surface area contributed by atoms with Crippen LogP contribution in [0.1, 0.15) is 36.4 Å². The number of hydrogen-bond donors (Lipinski definition) is 1. The van der Waals surface area contributed by atoms with E-state index in [2.05, 4.69) is 5.32 Å². The maximum absolute atomic E-state index is 13.2. The maximum atomic E-state index is 13.2. The van der Waals surface area contributed by atoms with Gasteiger partial charge in [0.05, 0.1) is 10.9 Å². The van der Waals surface area contributed by atoms with Crippen molar-refractivity contribution >= 4 is 38.3 Å². The van der Waals surface area contributed by atoms with Crippen molar-refractivity contribution in [2.75, 3.05) is 13.1 Å². The number of piperidine rings is 1. The van der Waals surface area contributed by atoms with Gasteiger partial charge in [-0.3, -0.25) is 4.79 Å². The molecule has 0 radical (unpaired) electrons. The van der Waals surface area contributed by atoms with Gasteiger partial charge >= 0.3 is 0 Å². The second kappa shape index (κ2) is 8.50. The number of aryl methyl sites for hydroxylation is 1. The van der Waals surface area contributed by atoms with E-state index in [1.54, 1.807) is 12.1 Å². The molecule has 1 aliphatic heterocycles. The number of nitrogens with zero attached hydrogens (tertiary/aromatic N) is 1. The minimum Gasteiger partial charge on any atom is -0.349 e. The van der Waals surface area contributed by atoms with Gasteiger partial charge in [0.2, 0.25) is 15.9 Å². The predicted molar refractivity (Wildman–Crippen MR) is 126 cm³/mol. The SMILES string of the molecule is O=C(NC1CCc2cc(Cl)ccc21)C1CCN(S(=O)(=O)c2ccc3ccccc3c2)CC1. The third-order valence-corrected chi connectivity index (χ3v) is 8.81. The van der Waals surface area contributed by atoms with Gasteiger partial charge in [-0.1, -0.05) is 48.0 Å². The summed E-state index contributed by atoms with van der Waals surface area (Å²) in [5.74, 6) is -0.157. The molecule has 3 aromatic carbocycles. The van der Waals surface area contributed by atoms with Gasteiger partial charge in [-0.2, -0.15) is 4.31 Å². The molecule has 0 saturated carbocycles. The monoisotopic (exact) mass is 468 g/mol. The van der Waals surface area contributed by atoms with Gasteiger partial charge in [-0.25, -0.2) is 8.42 Å². The second-order valence-corrected chi connectivity index (χ2v) is 11.0. The Hall–Kier alpha value is -2.41. The first kappa shape index (κ1) is 21.4. The fourth-order valence-corrected chi connectivity index (χ4v) is 6.56. The van der Waals surface area contributed by atoms with Gasteiger partial charge in [-0.15, -0.1) is 0 Å². The van der Waals surface area contributed by atoms with Gasteiger partial charge < -0.3 is 5.32 Å². The molecule has 0 aromatic heterocycles. The van der Waals surface area contributed by atoms with Gasteiger partial charge in [0.1, 0.15) is 0 Å². The fraction of sp³-hybridized carbons (Fsp3) is 0.320. The summed E-state index contributed by atoms with van der Waals surface area (Å²) in [7, 11) is -3.58. The Bertz CT molecular complexity index is 1280. The molecule has 1 heterocycles. The fourth-order valence-electron chi connectivity index (χ4n) is 4.86. The van der Waals surface area contributed by atoms with Gasteiger partial charge in [-0.05, 0) is 71.8 Å². The quantitative estimate of drug-likeness (QED) is 0.603. The maximum Gasteiger partial charge on any atom is 0.243 e. The van der Waals surface area contributed by atoms with Crippen LogP contribution in [0.3, 0.4) is 0 Å². The largest absolute Gasteiger partial charge is 0.349 e. The van der Waals surface area contributed by atoms with Crippen LogP contribution in [0.2, 0.25) is 5.02 Å². The van der Waals surface area contributed by atoms with Crippen LogP contribution in [-0.4, -0.2) is 31.7 Å². The van der Waals surface area contributed by atoms with E-state index in [1.165, 1.54) is 9.87 Å². The number of benzene rings is 3. The lowest BCUT2D eigenvalue weighted by Gasteiger charge is -2.31. The Kier molecular flexibility index (Phi) is 5.70. The van der Waals surface area contributed by atoms with E-state index in [4.69, 9.17) is 11.6 Å². The number of carbonyl (C=O) groups is 1. The van der Waals surface area contributed by atoms with Crippen LogP contribution in [0.4, 0.5) is 0 Å². The second-order valence-electron chi connectivity index (χ2n) is 8.63. The van der Waals surface area contributed by atoms with Crippen LogP contribution in [0.5, 0.6) is 0 Å². The summed E-state index contributed by atoms with van der Waals surface area (Å²) in [6.07, 6.45) is 2.83. The summed E-state index contributed by atoms with van der Waals surface area (Å²) in [4.78, 5) is 13.2. The summed E-state index contributed by atoms with van der Waals surface area (Å²) in [5.41, 5.74) is 2.33. The average Bonchev–Trinajstić information content (AvgIpc) is 3.20. The highest BCUT2D eigenvalue weighted by Gasteiger charge is 2.33. The van der Waals surface area contributed by atoms with Crippen LogP contribution < -0.4 is 5.32 Å². The minimum atomic E-state index is -3.58. The van der Waals surface area contributed by atoms with Crippen molar-refractivity contribution in [3.8, 4) is 0 Å². The predicted octanol–water partition coefficient (Wildman–Crippen LogP) is 4.70. The molecule has 5 rings (SSSR count). The number of hydrogen-bond acceptors (Lipinski definition) is 3. The summed E-state index contributed by atoms with van der Waals surface area (Å²) in [6, 6.07) is 18.8. The van der Waals surface area contributed by atoms with E-state index in [1.807, 2.05) is 48.5 Å². The molecular formula is C25H25ClN2O3S. The lowest BCUT2D eigenvalue weighted by Crippen LogP contribution is -2.43. The van der Waals surface area contributed by atoms with Crippen molar-refractivity contribution in [3.05, 3.63) is 76.8 Å². The van der Waals surface area contributed by atoms with E-state index in [9.17, 15) is 13.2 Å². The molecule has 7 heteroatoms. The molecule has 166 valence electrons. The van der Waals surface area contributed by atoms with E-state index in [-0.39, 0.29) is 17.9 Å². The van der Waals surface area contributed by atoms with Gasteiger partial charge in [0.15, 0.2) is 0 Å². The zero-order valence-corrected chi connectivity index (χ0v) is 19.2. The standard InChI is InChI=1S/C25H25ClN2O3S/c26-21-7-9-23-20(15-21)6-10-24(23)27-25(29)18-11-13-28(14-12-18)32(30,31)22-8-5-17-3-1-2-4-19(17)16-22/h1-5,7-9,15-16,18,24H,6,10-14H2,(H,27,29). The van der Waals surface area contributed by atoms with E-state index in [0.29, 0.717) is 30.8 Å². The van der Waals surface area contributed by atoms with Crippen molar-refractivity contribution in [1.29, 1.82) is 0 Å². The highest BCUT2D eigenvalue weighted by atomic mass is 35.5. The van der Waals surface area contributed by atoms with Crippen LogP contribution in [0.25, 0.3) is 10.8 Å². The van der Waals surface area contributed by atoms with Crippen LogP contribution >= 0.6 is 11.6 Å². The van der Waals surface area contributed by atoms with Crippen molar-refractivity contribution < 1.29 is 13.2 Å². The molecule has 2 aliphatic rings. The van der Waals surface area contributed by atoms with Gasteiger partial charge in [0, 0.05) is 24.0 Å². The topological polar surface area (TPSA) is 66.5 Å². The molecule has 0 spiro atoms. The summed E-state index contributed by atoms with van der Waals surface area (Å²) in [5, 5.41) is 5.81. The average molecular weight is 469 g/mol. The van der Waals surface area contributed by atoms with Crippen LogP contribution in [0.15, 0.2) is 65.6 Å². The zero-order chi connectivity index (χ0) is 22.3. The molecule has 5 nitrogen and oxygen atoms in total. The molecular weight excluding hydrogens is 444 g/mol. The van der Waals surface area contributed by atoms with Crippen LogP contribution in [0, 0.1) is 5.92 Å². The number of carbonyl (C=O) groups excluding carboxylic acids is 1. The summed E-state index contributed by atoms with van der Waals surface area (Å²) >= 11 is 6.08. The van der Waals surface area contributed by atoms with E-state index in [0.717, 1.165) is 34.2 Å². The first-order valence-electron chi connectivity index (χ1n) is 11.0. The molecule has 1 unspecified atom stereocenters. The lowest BCUT2D eigenvalue weighted by atomic mass is 9.96. The molecule has 0 bridgehead atoms. The van der Waals surface area contributed by atoms with Crippen molar-refractivity contribution in [2.24, 2.45) is 5.92 Å². The lowest BCUT2D eigenvalue weighted by molar-refractivity contribution is -0.126. The number of halogens is 1. The number of rotatable bonds is 4. The Morgan fingerprint density at radius 3 is 2.47 bits per heavy atom. The molecule has 1 saturated heterocycles. The first-order valence-corrected chi connectivity index (χ1v) is 12.8. The Labute approximate surface area is 193 Å². The molecule has 32 heavy (non-hydrogen) atoms. The highest BCUT2D eigenvalue weighted by Crippen LogP contribution is 2.34. The van der Waals surface area contributed by atoms with Crippen LogP contribution in [-0.2, 0) is 21.2 Å². The molecule has 1 aliphatic carbocycles. The van der Waals surface area contributed by atoms with Gasteiger partial charge in [0.25, 0.3) is 0 Å². The van der Waals surface area contributed by atoms with E-state index < -0.39 is 10.0 Å². The molecule has 3 aromatic rings. The van der Waals surface area contributed by atoms with E-state index >= 15 is 0 Å². The number of fused-ring (bicyclic) bond motifs is 2. The highest BCUT2D eigenvalue weighted by molar-refractivity contribution is 7.89. The zero-order valence-electron chi connectivity index (χ0n) is 17.6. The normalized spacial score (nSPS) is 19.7. The van der Waals surface area contributed by atoms with Crippen molar-refractivity contribution in [3.63, 3.8) is 0 Å². The molecule has 1 amide bonds. The third kappa shape index (κ3) is 4.03. The molecule has 1 fully saturated rings. The Morgan fingerprint density at radius 2 is 1.69 bits per heavy atom. The third-order valence-electron chi connectivity index (χ3n) is 6.68.